The molecule has 5 nitrogen and oxygen atoms in total. The lowest BCUT2D eigenvalue weighted by atomic mass is 10.2. The van der Waals surface area contributed by atoms with Gasteiger partial charge in [0.2, 0.25) is 0 Å². The van der Waals surface area contributed by atoms with Crippen LogP contribution in [-0.4, -0.2) is 23.6 Å². The van der Waals surface area contributed by atoms with Gasteiger partial charge in [0, 0.05) is 4.88 Å². The standard InChI is InChI=1S/C13H12N2O3S2/c1-8-11(19-9(2)14-8)7-15-13(16)10-5-3-4-6-12(10)20(15,17)18/h3-6H,7H2,1-2H3. The number of hydrogen-bond donors (Lipinski definition) is 0. The fraction of sp³-hybridized carbons (Fsp3) is 0.231. The average molecular weight is 308 g/mol. The average Bonchev–Trinajstić information content (AvgIpc) is 2.81. The number of aryl methyl sites for hydroxylation is 2. The highest BCUT2D eigenvalue weighted by molar-refractivity contribution is 7.90. The molecule has 1 aromatic heterocycles. The Bertz CT molecular complexity index is 809. The Morgan fingerprint density at radius 2 is 1.95 bits per heavy atom. The van der Waals surface area contributed by atoms with Gasteiger partial charge in [-0.05, 0) is 26.0 Å². The Kier molecular flexibility index (Phi) is 2.91. The van der Waals surface area contributed by atoms with Gasteiger partial charge in [0.1, 0.15) is 4.90 Å². The van der Waals surface area contributed by atoms with Crippen molar-refractivity contribution in [3.63, 3.8) is 0 Å². The Morgan fingerprint density at radius 1 is 1.25 bits per heavy atom. The number of carbonyl (C=O) groups excluding carboxylic acids is 1. The van der Waals surface area contributed by atoms with E-state index < -0.39 is 15.9 Å². The zero-order valence-corrected chi connectivity index (χ0v) is 12.6. The van der Waals surface area contributed by atoms with Crippen LogP contribution in [0.3, 0.4) is 0 Å². The number of carbonyl (C=O) groups is 1. The molecule has 1 aliphatic heterocycles. The summed E-state index contributed by atoms with van der Waals surface area (Å²) in [7, 11) is -3.74. The minimum absolute atomic E-state index is 0.0488. The summed E-state index contributed by atoms with van der Waals surface area (Å²) >= 11 is 1.41. The molecule has 0 spiro atoms. The summed E-state index contributed by atoms with van der Waals surface area (Å²) in [6, 6.07) is 6.29. The van der Waals surface area contributed by atoms with Crippen molar-refractivity contribution in [2.75, 3.05) is 0 Å². The summed E-state index contributed by atoms with van der Waals surface area (Å²) in [6.45, 7) is 3.72. The molecule has 0 bridgehead atoms. The molecule has 2 aromatic rings. The molecule has 0 saturated carbocycles. The Balaban J connectivity index is 2.05. The van der Waals surface area contributed by atoms with Gasteiger partial charge < -0.3 is 0 Å². The van der Waals surface area contributed by atoms with Crippen molar-refractivity contribution < 1.29 is 13.2 Å². The molecule has 0 aliphatic carbocycles. The van der Waals surface area contributed by atoms with Gasteiger partial charge in [-0.1, -0.05) is 12.1 Å². The predicted octanol–water partition coefficient (Wildman–Crippen LogP) is 2.10. The highest BCUT2D eigenvalue weighted by atomic mass is 32.2. The number of fused-ring (bicyclic) bond motifs is 1. The van der Waals surface area contributed by atoms with Crippen molar-refractivity contribution in [3.05, 3.63) is 45.4 Å². The van der Waals surface area contributed by atoms with Crippen molar-refractivity contribution >= 4 is 27.3 Å². The van der Waals surface area contributed by atoms with E-state index in [1.165, 1.54) is 17.4 Å². The number of benzene rings is 1. The summed E-state index contributed by atoms with van der Waals surface area (Å²) in [5, 5.41) is 0.860. The number of hydrogen-bond acceptors (Lipinski definition) is 5. The van der Waals surface area contributed by atoms with Crippen LogP contribution < -0.4 is 0 Å². The molecular weight excluding hydrogens is 296 g/mol. The molecule has 7 heteroatoms. The van der Waals surface area contributed by atoms with E-state index in [4.69, 9.17) is 0 Å². The maximum atomic E-state index is 12.4. The van der Waals surface area contributed by atoms with Crippen LogP contribution in [0.15, 0.2) is 29.2 Å². The molecule has 2 heterocycles. The number of nitrogens with zero attached hydrogens (tertiary/aromatic N) is 2. The lowest BCUT2D eigenvalue weighted by molar-refractivity contribution is 0.0865. The van der Waals surface area contributed by atoms with E-state index in [0.29, 0.717) is 0 Å². The zero-order valence-electron chi connectivity index (χ0n) is 11.0. The monoisotopic (exact) mass is 308 g/mol. The molecule has 0 fully saturated rings. The van der Waals surface area contributed by atoms with E-state index in [-0.39, 0.29) is 17.0 Å². The molecule has 1 aromatic carbocycles. The van der Waals surface area contributed by atoms with Gasteiger partial charge in [-0.2, -0.15) is 0 Å². The van der Waals surface area contributed by atoms with E-state index in [1.54, 1.807) is 18.2 Å². The first-order chi connectivity index (χ1) is 9.41. The van der Waals surface area contributed by atoms with Crippen LogP contribution >= 0.6 is 11.3 Å². The molecular formula is C13H12N2O3S2. The summed E-state index contributed by atoms with van der Waals surface area (Å²) in [4.78, 5) is 17.4. The third-order valence-electron chi connectivity index (χ3n) is 3.20. The third-order valence-corrected chi connectivity index (χ3v) is 6.04. The molecule has 20 heavy (non-hydrogen) atoms. The number of aromatic nitrogens is 1. The molecule has 0 N–H and O–H groups in total. The van der Waals surface area contributed by atoms with Gasteiger partial charge in [-0.25, -0.2) is 17.7 Å². The van der Waals surface area contributed by atoms with E-state index >= 15 is 0 Å². The SMILES string of the molecule is Cc1nc(C)c(CN2C(=O)c3ccccc3S2(=O)=O)s1. The van der Waals surface area contributed by atoms with Crippen LogP contribution in [0.1, 0.15) is 25.9 Å². The van der Waals surface area contributed by atoms with Crippen LogP contribution in [0.4, 0.5) is 0 Å². The number of sulfonamides is 1. The highest BCUT2D eigenvalue weighted by Gasteiger charge is 2.41. The van der Waals surface area contributed by atoms with Gasteiger partial charge in [0.15, 0.2) is 0 Å². The van der Waals surface area contributed by atoms with E-state index in [9.17, 15) is 13.2 Å². The van der Waals surface area contributed by atoms with E-state index in [0.717, 1.165) is 19.9 Å². The van der Waals surface area contributed by atoms with E-state index in [2.05, 4.69) is 4.98 Å². The lowest BCUT2D eigenvalue weighted by Gasteiger charge is -2.14. The first-order valence-corrected chi connectivity index (χ1v) is 8.26. The summed E-state index contributed by atoms with van der Waals surface area (Å²) < 4.78 is 25.7. The Hall–Kier alpha value is -1.73. The second-order valence-corrected chi connectivity index (χ2v) is 7.67. The first-order valence-electron chi connectivity index (χ1n) is 6.00. The Labute approximate surface area is 120 Å². The predicted molar refractivity (Wildman–Crippen MR) is 75.1 cm³/mol. The topological polar surface area (TPSA) is 67.3 Å². The Morgan fingerprint density at radius 3 is 2.55 bits per heavy atom. The zero-order chi connectivity index (χ0) is 14.5. The smallest absolute Gasteiger partial charge is 0.268 e. The fourth-order valence-corrected chi connectivity index (χ4v) is 4.78. The molecule has 1 amide bonds. The minimum Gasteiger partial charge on any atom is -0.268 e. The van der Waals surface area contributed by atoms with Crippen molar-refractivity contribution in [2.24, 2.45) is 0 Å². The largest absolute Gasteiger partial charge is 0.269 e. The minimum atomic E-state index is -3.74. The van der Waals surface area contributed by atoms with Gasteiger partial charge >= 0.3 is 0 Å². The maximum absolute atomic E-state index is 12.4. The van der Waals surface area contributed by atoms with Crippen LogP contribution in [0.2, 0.25) is 0 Å². The van der Waals surface area contributed by atoms with Gasteiger partial charge in [-0.15, -0.1) is 11.3 Å². The summed E-state index contributed by atoms with van der Waals surface area (Å²) in [6.07, 6.45) is 0. The second-order valence-electron chi connectivity index (χ2n) is 4.55. The van der Waals surface area contributed by atoms with Crippen LogP contribution in [0, 0.1) is 13.8 Å². The second kappa shape index (κ2) is 4.39. The number of amides is 1. The van der Waals surface area contributed by atoms with Crippen molar-refractivity contribution in [2.45, 2.75) is 25.3 Å². The molecule has 0 saturated heterocycles. The van der Waals surface area contributed by atoms with Crippen LogP contribution in [0.25, 0.3) is 0 Å². The van der Waals surface area contributed by atoms with Crippen molar-refractivity contribution in [1.82, 2.24) is 9.29 Å². The van der Waals surface area contributed by atoms with E-state index in [1.807, 2.05) is 13.8 Å². The summed E-state index contributed by atoms with van der Waals surface area (Å²) in [5.41, 5.74) is 1.01. The molecule has 104 valence electrons. The maximum Gasteiger partial charge on any atom is 0.269 e. The first kappa shape index (κ1) is 13.3. The third kappa shape index (κ3) is 1.85. The normalized spacial score (nSPS) is 16.5. The van der Waals surface area contributed by atoms with Crippen LogP contribution in [-0.2, 0) is 16.6 Å². The molecule has 0 radical (unpaired) electrons. The number of rotatable bonds is 2. The van der Waals surface area contributed by atoms with Crippen LogP contribution in [0.5, 0.6) is 0 Å². The van der Waals surface area contributed by atoms with Gasteiger partial charge in [0.05, 0.1) is 22.8 Å². The molecule has 0 unspecified atom stereocenters. The van der Waals surface area contributed by atoms with Crippen molar-refractivity contribution in [1.29, 1.82) is 0 Å². The quantitative estimate of drug-likeness (QED) is 0.852. The molecule has 0 atom stereocenters. The van der Waals surface area contributed by atoms with Crippen molar-refractivity contribution in [3.8, 4) is 0 Å². The molecule has 1 aliphatic rings. The highest BCUT2D eigenvalue weighted by Crippen LogP contribution is 2.32. The summed E-state index contributed by atoms with van der Waals surface area (Å²) in [5.74, 6) is -0.467. The van der Waals surface area contributed by atoms with Gasteiger partial charge in [0.25, 0.3) is 15.9 Å². The van der Waals surface area contributed by atoms with Gasteiger partial charge in [-0.3, -0.25) is 4.79 Å². The molecule has 3 rings (SSSR count). The number of thiazole rings is 1. The fourth-order valence-electron chi connectivity index (χ4n) is 2.24. The lowest BCUT2D eigenvalue weighted by Crippen LogP contribution is -2.29.